The molecule has 1 aliphatic rings. The lowest BCUT2D eigenvalue weighted by Gasteiger charge is -2.33. The number of allylic oxidation sites excluding steroid dienone is 3. The van der Waals surface area contributed by atoms with E-state index in [1.807, 2.05) is 25.1 Å². The summed E-state index contributed by atoms with van der Waals surface area (Å²) in [6.07, 6.45) is 7.89. The minimum Gasteiger partial charge on any atom is -0.501 e. The molecule has 0 radical (unpaired) electrons. The number of piperidine rings is 1. The third-order valence-corrected chi connectivity index (χ3v) is 5.42. The molecule has 1 aliphatic heterocycles. The molecule has 0 aliphatic carbocycles. The molecule has 1 aromatic heterocycles. The summed E-state index contributed by atoms with van der Waals surface area (Å²) in [7, 11) is 3.29. The van der Waals surface area contributed by atoms with Crippen molar-refractivity contribution in [2.75, 3.05) is 39.2 Å². The normalized spacial score (nSPS) is 16.5. The van der Waals surface area contributed by atoms with Gasteiger partial charge in [0.2, 0.25) is 0 Å². The summed E-state index contributed by atoms with van der Waals surface area (Å²) in [5.74, 6) is 1.60. The Kier molecular flexibility index (Phi) is 7.36. The number of hydrogen-bond acceptors (Lipinski definition) is 6. The second kappa shape index (κ2) is 10.2. The molecule has 6 nitrogen and oxygen atoms in total. The van der Waals surface area contributed by atoms with Gasteiger partial charge in [-0.25, -0.2) is 4.79 Å². The number of nitrogens with one attached hydrogen (secondary N) is 1. The van der Waals surface area contributed by atoms with Crippen LogP contribution in [0.3, 0.4) is 0 Å². The maximum Gasteiger partial charge on any atom is 0.338 e. The lowest BCUT2D eigenvalue weighted by molar-refractivity contribution is 0.237. The first-order valence-electron chi connectivity index (χ1n) is 10.2. The molecule has 1 saturated heterocycles. The van der Waals surface area contributed by atoms with Gasteiger partial charge in [0.05, 0.1) is 25.7 Å². The zero-order valence-electron chi connectivity index (χ0n) is 17.9. The van der Waals surface area contributed by atoms with Crippen LogP contribution in [0.25, 0.3) is 11.0 Å². The van der Waals surface area contributed by atoms with E-state index in [1.165, 1.54) is 6.07 Å². The van der Waals surface area contributed by atoms with Gasteiger partial charge in [0.1, 0.15) is 11.3 Å². The maximum atomic E-state index is 12.0. The van der Waals surface area contributed by atoms with Crippen molar-refractivity contribution >= 4 is 16.7 Å². The van der Waals surface area contributed by atoms with Crippen molar-refractivity contribution < 1.29 is 13.9 Å². The van der Waals surface area contributed by atoms with Crippen LogP contribution in [-0.4, -0.2) is 44.8 Å². The molecule has 1 aromatic carbocycles. The Morgan fingerprint density at radius 3 is 2.70 bits per heavy atom. The summed E-state index contributed by atoms with van der Waals surface area (Å²) in [5.41, 5.74) is 2.16. The fourth-order valence-corrected chi connectivity index (χ4v) is 3.58. The predicted octanol–water partition coefficient (Wildman–Crippen LogP) is 4.34. The molecule has 0 amide bonds. The average Bonchev–Trinajstić information content (AvgIpc) is 2.77. The SMILES string of the molecule is C=C/C(=C\C=C(/C)OC)CN1CCC(Nc2cc(=O)oc3ccc(OC)cc23)CC1. The Bertz CT molecular complexity index is 998. The molecule has 6 heteroatoms. The molecule has 0 saturated carbocycles. The van der Waals surface area contributed by atoms with Crippen molar-refractivity contribution in [3.63, 3.8) is 0 Å². The van der Waals surface area contributed by atoms with Crippen LogP contribution in [0.4, 0.5) is 5.69 Å². The van der Waals surface area contributed by atoms with E-state index < -0.39 is 0 Å². The van der Waals surface area contributed by atoms with Crippen LogP contribution in [-0.2, 0) is 4.74 Å². The molecule has 0 bridgehead atoms. The molecular formula is C24H30N2O4. The molecule has 0 atom stereocenters. The van der Waals surface area contributed by atoms with Crippen LogP contribution < -0.4 is 15.7 Å². The first kappa shape index (κ1) is 21.7. The van der Waals surface area contributed by atoms with Gasteiger partial charge in [0, 0.05) is 37.1 Å². The van der Waals surface area contributed by atoms with Gasteiger partial charge in [-0.2, -0.15) is 0 Å². The van der Waals surface area contributed by atoms with Crippen molar-refractivity contribution in [2.45, 2.75) is 25.8 Å². The molecule has 3 rings (SSSR count). The van der Waals surface area contributed by atoms with Crippen LogP contribution >= 0.6 is 0 Å². The number of anilines is 1. The van der Waals surface area contributed by atoms with Crippen molar-refractivity contribution in [2.24, 2.45) is 0 Å². The number of hydrogen-bond donors (Lipinski definition) is 1. The topological polar surface area (TPSA) is 63.9 Å². The summed E-state index contributed by atoms with van der Waals surface area (Å²) < 4.78 is 15.8. The maximum absolute atomic E-state index is 12.0. The van der Waals surface area contributed by atoms with E-state index in [4.69, 9.17) is 13.9 Å². The zero-order valence-corrected chi connectivity index (χ0v) is 17.9. The molecule has 2 aromatic rings. The van der Waals surface area contributed by atoms with Crippen molar-refractivity contribution in [1.82, 2.24) is 4.90 Å². The number of rotatable bonds is 8. The number of ether oxygens (including phenoxy) is 2. The second-order valence-corrected chi connectivity index (χ2v) is 7.46. The van der Waals surface area contributed by atoms with Gasteiger partial charge < -0.3 is 19.2 Å². The summed E-state index contributed by atoms with van der Waals surface area (Å²) in [6.45, 7) is 8.66. The number of nitrogens with zero attached hydrogens (tertiary/aromatic N) is 1. The summed E-state index contributed by atoms with van der Waals surface area (Å²) in [5, 5.41) is 4.40. The van der Waals surface area contributed by atoms with Gasteiger partial charge in [-0.3, -0.25) is 4.90 Å². The summed E-state index contributed by atoms with van der Waals surface area (Å²) in [6, 6.07) is 7.28. The fraction of sp³-hybridized carbons (Fsp3) is 0.375. The number of methoxy groups -OCH3 is 2. The molecule has 160 valence electrons. The number of benzene rings is 1. The zero-order chi connectivity index (χ0) is 21.5. The van der Waals surface area contributed by atoms with Crippen LogP contribution in [0.15, 0.2) is 69.6 Å². The lowest BCUT2D eigenvalue weighted by atomic mass is 10.0. The molecular weight excluding hydrogens is 380 g/mol. The van der Waals surface area contributed by atoms with Gasteiger partial charge in [-0.15, -0.1) is 0 Å². The van der Waals surface area contributed by atoms with Gasteiger partial charge in [-0.1, -0.05) is 18.7 Å². The van der Waals surface area contributed by atoms with E-state index in [0.717, 1.165) is 60.6 Å². The average molecular weight is 411 g/mol. The Morgan fingerprint density at radius 2 is 2.03 bits per heavy atom. The summed E-state index contributed by atoms with van der Waals surface area (Å²) >= 11 is 0. The van der Waals surface area contributed by atoms with Gasteiger partial charge in [0.15, 0.2) is 0 Å². The van der Waals surface area contributed by atoms with E-state index in [-0.39, 0.29) is 5.63 Å². The quantitative estimate of drug-likeness (QED) is 0.397. The highest BCUT2D eigenvalue weighted by atomic mass is 16.5. The Balaban J connectivity index is 1.65. The molecule has 2 heterocycles. The highest BCUT2D eigenvalue weighted by Crippen LogP contribution is 2.28. The molecule has 1 N–H and O–H groups in total. The highest BCUT2D eigenvalue weighted by Gasteiger charge is 2.20. The Labute approximate surface area is 177 Å². The highest BCUT2D eigenvalue weighted by molar-refractivity contribution is 5.90. The Morgan fingerprint density at radius 1 is 1.27 bits per heavy atom. The molecule has 0 spiro atoms. The minimum atomic E-state index is -0.354. The van der Waals surface area contributed by atoms with Crippen molar-refractivity contribution in [3.05, 3.63) is 70.8 Å². The second-order valence-electron chi connectivity index (χ2n) is 7.46. The van der Waals surface area contributed by atoms with Crippen LogP contribution in [0, 0.1) is 0 Å². The smallest absolute Gasteiger partial charge is 0.338 e. The third-order valence-electron chi connectivity index (χ3n) is 5.42. The van der Waals surface area contributed by atoms with Crippen LogP contribution in [0.5, 0.6) is 5.75 Å². The molecule has 30 heavy (non-hydrogen) atoms. The molecule has 1 fully saturated rings. The third kappa shape index (κ3) is 5.54. The van der Waals surface area contributed by atoms with Crippen molar-refractivity contribution in [1.29, 1.82) is 0 Å². The first-order valence-corrected chi connectivity index (χ1v) is 10.2. The van der Waals surface area contributed by atoms with Crippen molar-refractivity contribution in [3.8, 4) is 5.75 Å². The van der Waals surface area contributed by atoms with E-state index in [1.54, 1.807) is 26.4 Å². The van der Waals surface area contributed by atoms with E-state index in [9.17, 15) is 4.79 Å². The van der Waals surface area contributed by atoms with Gasteiger partial charge >= 0.3 is 5.63 Å². The van der Waals surface area contributed by atoms with E-state index >= 15 is 0 Å². The Hall–Kier alpha value is -2.99. The van der Waals surface area contributed by atoms with Gasteiger partial charge in [0.25, 0.3) is 0 Å². The standard InChI is InChI=1S/C24H30N2O4/c1-5-18(7-6-17(2)28-3)16-26-12-10-19(11-13-26)25-22-15-24(27)30-23-9-8-20(29-4)14-21(22)23/h5-9,14-15,19,25H,1,10-13,16H2,2-4H3/b17-6+,18-7+. The largest absolute Gasteiger partial charge is 0.501 e. The molecule has 0 unspecified atom stereocenters. The van der Waals surface area contributed by atoms with Crippen LogP contribution in [0.2, 0.25) is 0 Å². The predicted molar refractivity (Wildman–Crippen MR) is 121 cm³/mol. The monoisotopic (exact) mass is 410 g/mol. The number of fused-ring (bicyclic) bond motifs is 1. The first-order chi connectivity index (χ1) is 14.5. The van der Waals surface area contributed by atoms with Crippen LogP contribution in [0.1, 0.15) is 19.8 Å². The van der Waals surface area contributed by atoms with E-state index in [2.05, 4.69) is 22.9 Å². The number of likely N-dealkylation sites (tertiary alicyclic amines) is 1. The minimum absolute atomic E-state index is 0.296. The summed E-state index contributed by atoms with van der Waals surface area (Å²) in [4.78, 5) is 14.4. The van der Waals surface area contributed by atoms with E-state index in [0.29, 0.717) is 11.6 Å². The van der Waals surface area contributed by atoms with Gasteiger partial charge in [-0.05, 0) is 49.6 Å². The fourth-order valence-electron chi connectivity index (χ4n) is 3.58. The lowest BCUT2D eigenvalue weighted by Crippen LogP contribution is -2.39.